The third kappa shape index (κ3) is 6.72. The van der Waals surface area contributed by atoms with Gasteiger partial charge in [-0.3, -0.25) is 14.8 Å². The molecule has 3 rings (SSSR count). The van der Waals surface area contributed by atoms with Crippen LogP contribution in [0.3, 0.4) is 0 Å². The van der Waals surface area contributed by atoms with Crippen molar-refractivity contribution in [2.75, 3.05) is 47.3 Å². The van der Waals surface area contributed by atoms with E-state index in [1.807, 2.05) is 19.2 Å². The standard InChI is InChI=1S/C22H33N5O.HI/c1-23-22(25-17-20(26(2)3)21-12-9-15-28-21)24-16-19(27-13-7-8-14-27)18-10-5-4-6-11-18;/h4-6,9-12,15,19-20H,7-8,13-14,16-17H2,1-3H3,(H2,23,24,25);1H. The average Bonchev–Trinajstić information content (AvgIpc) is 3.42. The Morgan fingerprint density at radius 2 is 1.76 bits per heavy atom. The molecule has 160 valence electrons. The summed E-state index contributed by atoms with van der Waals surface area (Å²) in [6.45, 7) is 3.87. The number of hydrogen-bond acceptors (Lipinski definition) is 4. The fourth-order valence-corrected chi connectivity index (χ4v) is 3.81. The molecule has 1 aliphatic rings. The Kier molecular flexibility index (Phi) is 9.96. The highest BCUT2D eigenvalue weighted by Crippen LogP contribution is 2.24. The predicted octanol–water partition coefficient (Wildman–Crippen LogP) is 3.50. The summed E-state index contributed by atoms with van der Waals surface area (Å²) in [5.74, 6) is 1.77. The molecule has 2 heterocycles. The van der Waals surface area contributed by atoms with E-state index in [-0.39, 0.29) is 30.0 Å². The Labute approximate surface area is 191 Å². The van der Waals surface area contributed by atoms with E-state index >= 15 is 0 Å². The third-order valence-electron chi connectivity index (χ3n) is 5.41. The van der Waals surface area contributed by atoms with E-state index in [9.17, 15) is 0 Å². The average molecular weight is 511 g/mol. The van der Waals surface area contributed by atoms with Crippen molar-refractivity contribution in [3.05, 3.63) is 60.1 Å². The summed E-state index contributed by atoms with van der Waals surface area (Å²) in [4.78, 5) is 9.14. The van der Waals surface area contributed by atoms with Gasteiger partial charge in [-0.2, -0.15) is 0 Å². The lowest BCUT2D eigenvalue weighted by Crippen LogP contribution is -2.45. The van der Waals surface area contributed by atoms with Gasteiger partial charge in [0.2, 0.25) is 0 Å². The summed E-state index contributed by atoms with van der Waals surface area (Å²) < 4.78 is 5.60. The first kappa shape index (κ1) is 23.7. The highest BCUT2D eigenvalue weighted by Gasteiger charge is 2.24. The van der Waals surface area contributed by atoms with Crippen molar-refractivity contribution in [1.29, 1.82) is 0 Å². The van der Waals surface area contributed by atoms with Gasteiger partial charge in [0.05, 0.1) is 18.3 Å². The molecule has 0 spiro atoms. The molecule has 0 bridgehead atoms. The molecule has 0 radical (unpaired) electrons. The SMILES string of the molecule is CN=C(NCC(c1ccco1)N(C)C)NCC(c1ccccc1)N1CCCC1.I. The van der Waals surface area contributed by atoms with Crippen molar-refractivity contribution in [1.82, 2.24) is 20.4 Å². The Morgan fingerprint density at radius 3 is 2.34 bits per heavy atom. The van der Waals surface area contributed by atoms with Crippen LogP contribution in [-0.4, -0.2) is 63.1 Å². The molecule has 0 aliphatic carbocycles. The zero-order valence-electron chi connectivity index (χ0n) is 17.7. The van der Waals surface area contributed by atoms with Gasteiger partial charge in [-0.1, -0.05) is 30.3 Å². The number of rotatable bonds is 8. The number of halogens is 1. The number of aliphatic imine (C=N–C) groups is 1. The second-order valence-electron chi connectivity index (χ2n) is 7.50. The number of nitrogens with zero attached hydrogens (tertiary/aromatic N) is 3. The van der Waals surface area contributed by atoms with Gasteiger partial charge in [-0.15, -0.1) is 24.0 Å². The van der Waals surface area contributed by atoms with Crippen molar-refractivity contribution >= 4 is 29.9 Å². The molecule has 1 aromatic carbocycles. The quantitative estimate of drug-likeness (QED) is 0.323. The summed E-state index contributed by atoms with van der Waals surface area (Å²) in [6.07, 6.45) is 4.29. The number of hydrogen-bond donors (Lipinski definition) is 2. The Balaban J connectivity index is 0.00000300. The minimum Gasteiger partial charge on any atom is -0.468 e. The van der Waals surface area contributed by atoms with Gasteiger partial charge in [-0.25, -0.2) is 0 Å². The summed E-state index contributed by atoms with van der Waals surface area (Å²) >= 11 is 0. The lowest BCUT2D eigenvalue weighted by atomic mass is 10.1. The molecule has 2 N–H and O–H groups in total. The van der Waals surface area contributed by atoms with Crippen LogP contribution < -0.4 is 10.6 Å². The smallest absolute Gasteiger partial charge is 0.191 e. The van der Waals surface area contributed by atoms with Gasteiger partial charge in [-0.05, 0) is 57.7 Å². The van der Waals surface area contributed by atoms with Crippen LogP contribution in [0.4, 0.5) is 0 Å². The van der Waals surface area contributed by atoms with Gasteiger partial charge < -0.3 is 15.1 Å². The van der Waals surface area contributed by atoms with Gasteiger partial charge in [0, 0.05) is 20.1 Å². The monoisotopic (exact) mass is 511 g/mol. The van der Waals surface area contributed by atoms with Gasteiger partial charge in [0.25, 0.3) is 0 Å². The Morgan fingerprint density at radius 1 is 1.07 bits per heavy atom. The maximum Gasteiger partial charge on any atom is 0.191 e. The fraction of sp³-hybridized carbons (Fsp3) is 0.500. The summed E-state index contributed by atoms with van der Waals surface area (Å²) in [6, 6.07) is 15.2. The van der Waals surface area contributed by atoms with E-state index in [1.165, 1.54) is 18.4 Å². The van der Waals surface area contributed by atoms with Crippen molar-refractivity contribution in [3.8, 4) is 0 Å². The van der Waals surface area contributed by atoms with Crippen LogP contribution in [0.1, 0.15) is 36.2 Å². The first-order valence-corrected chi connectivity index (χ1v) is 10.1. The fourth-order valence-electron chi connectivity index (χ4n) is 3.81. The summed E-state index contributed by atoms with van der Waals surface area (Å²) in [5, 5.41) is 6.99. The number of likely N-dealkylation sites (tertiary alicyclic amines) is 1. The minimum absolute atomic E-state index is 0. The molecule has 0 saturated carbocycles. The van der Waals surface area contributed by atoms with Crippen LogP contribution in [-0.2, 0) is 0 Å². The Bertz CT molecular complexity index is 714. The maximum absolute atomic E-state index is 5.60. The first-order valence-electron chi connectivity index (χ1n) is 10.1. The van der Waals surface area contributed by atoms with E-state index in [4.69, 9.17) is 4.42 Å². The van der Waals surface area contributed by atoms with Crippen LogP contribution in [0.15, 0.2) is 58.1 Å². The summed E-state index contributed by atoms with van der Waals surface area (Å²) in [5.41, 5.74) is 1.36. The van der Waals surface area contributed by atoms with Crippen molar-refractivity contribution in [2.24, 2.45) is 4.99 Å². The van der Waals surface area contributed by atoms with E-state index in [1.54, 1.807) is 6.26 Å². The molecule has 7 heteroatoms. The summed E-state index contributed by atoms with van der Waals surface area (Å²) in [7, 11) is 5.94. The molecule has 2 aromatic rings. The van der Waals surface area contributed by atoms with E-state index < -0.39 is 0 Å². The largest absolute Gasteiger partial charge is 0.468 e. The van der Waals surface area contributed by atoms with Crippen LogP contribution in [0.5, 0.6) is 0 Å². The van der Waals surface area contributed by atoms with Crippen molar-refractivity contribution < 1.29 is 4.42 Å². The molecule has 2 unspecified atom stereocenters. The number of benzene rings is 1. The molecule has 1 fully saturated rings. The van der Waals surface area contributed by atoms with Gasteiger partial charge >= 0.3 is 0 Å². The minimum atomic E-state index is 0. The highest BCUT2D eigenvalue weighted by molar-refractivity contribution is 14.0. The van der Waals surface area contributed by atoms with Crippen molar-refractivity contribution in [2.45, 2.75) is 24.9 Å². The second kappa shape index (κ2) is 12.2. The number of likely N-dealkylation sites (N-methyl/N-ethyl adjacent to an activating group) is 1. The number of nitrogens with one attached hydrogen (secondary N) is 2. The molecule has 29 heavy (non-hydrogen) atoms. The molecular formula is C22H34IN5O. The Hall–Kier alpha value is -1.58. The maximum atomic E-state index is 5.60. The molecule has 1 aromatic heterocycles. The van der Waals surface area contributed by atoms with Crippen LogP contribution in [0.2, 0.25) is 0 Å². The number of furan rings is 1. The van der Waals surface area contributed by atoms with Crippen LogP contribution in [0.25, 0.3) is 0 Å². The third-order valence-corrected chi connectivity index (χ3v) is 5.41. The highest BCUT2D eigenvalue weighted by atomic mass is 127. The molecule has 2 atom stereocenters. The topological polar surface area (TPSA) is 56.0 Å². The number of guanidine groups is 1. The van der Waals surface area contributed by atoms with Crippen LogP contribution >= 0.6 is 24.0 Å². The van der Waals surface area contributed by atoms with Gasteiger partial charge in [0.1, 0.15) is 5.76 Å². The molecule has 0 amide bonds. The van der Waals surface area contributed by atoms with E-state index in [0.717, 1.165) is 37.9 Å². The second-order valence-corrected chi connectivity index (χ2v) is 7.50. The first-order chi connectivity index (χ1) is 13.7. The normalized spacial score (nSPS) is 17.0. The zero-order chi connectivity index (χ0) is 19.8. The lowest BCUT2D eigenvalue weighted by Gasteiger charge is -2.29. The lowest BCUT2D eigenvalue weighted by molar-refractivity contribution is 0.244. The zero-order valence-corrected chi connectivity index (χ0v) is 20.0. The van der Waals surface area contributed by atoms with Crippen LogP contribution in [0, 0.1) is 0 Å². The molecule has 1 aliphatic heterocycles. The molecule has 1 saturated heterocycles. The van der Waals surface area contributed by atoms with E-state index in [0.29, 0.717) is 6.04 Å². The molecule has 6 nitrogen and oxygen atoms in total. The molecular weight excluding hydrogens is 477 g/mol. The van der Waals surface area contributed by atoms with Crippen molar-refractivity contribution in [3.63, 3.8) is 0 Å². The van der Waals surface area contributed by atoms with E-state index in [2.05, 4.69) is 69.9 Å². The predicted molar refractivity (Wildman–Crippen MR) is 130 cm³/mol. The van der Waals surface area contributed by atoms with Gasteiger partial charge in [0.15, 0.2) is 5.96 Å².